The molecule has 0 spiro atoms. The van der Waals surface area contributed by atoms with Gasteiger partial charge >= 0.3 is 0 Å². The molecule has 5 rings (SSSR count). The van der Waals surface area contributed by atoms with E-state index in [9.17, 15) is 19.3 Å². The molecule has 3 heterocycles. The first kappa shape index (κ1) is 22.9. The van der Waals surface area contributed by atoms with Crippen LogP contribution < -0.4 is 10.2 Å². The molecule has 1 amide bonds. The zero-order valence-electron chi connectivity index (χ0n) is 19.1. The largest absolute Gasteiger partial charge is 0.365 e. The monoisotopic (exact) mass is 475 g/mol. The highest BCUT2D eigenvalue weighted by molar-refractivity contribution is 5.82. The number of pyridine rings is 1. The highest BCUT2D eigenvalue weighted by Crippen LogP contribution is 2.38. The zero-order valence-corrected chi connectivity index (χ0v) is 19.1. The van der Waals surface area contributed by atoms with Gasteiger partial charge in [-0.25, -0.2) is 4.39 Å². The molecule has 0 bridgehead atoms. The third-order valence-corrected chi connectivity index (χ3v) is 6.82. The minimum Gasteiger partial charge on any atom is -0.365 e. The lowest BCUT2D eigenvalue weighted by Crippen LogP contribution is -2.60. The maximum atomic E-state index is 13.4. The molecule has 2 aromatic carbocycles. The lowest BCUT2D eigenvalue weighted by atomic mass is 9.83. The van der Waals surface area contributed by atoms with Gasteiger partial charge in [-0.05, 0) is 47.9 Å². The number of aromatic nitrogens is 1. The topological polar surface area (TPSA) is 91.6 Å². The van der Waals surface area contributed by atoms with E-state index in [0.717, 1.165) is 29.1 Å². The maximum absolute atomic E-state index is 13.4. The zero-order chi connectivity index (χ0) is 24.4. The number of non-ortho nitro benzene ring substituents is 1. The highest BCUT2D eigenvalue weighted by Gasteiger charge is 2.41. The van der Waals surface area contributed by atoms with Crippen LogP contribution in [-0.2, 0) is 24.3 Å². The molecule has 2 aliphatic rings. The van der Waals surface area contributed by atoms with Gasteiger partial charge in [0.05, 0.1) is 29.1 Å². The molecule has 2 aliphatic heterocycles. The Morgan fingerprint density at radius 1 is 1.14 bits per heavy atom. The van der Waals surface area contributed by atoms with Crippen LogP contribution in [0.25, 0.3) is 0 Å². The first-order valence-corrected chi connectivity index (χ1v) is 11.7. The van der Waals surface area contributed by atoms with Crippen LogP contribution in [0.1, 0.15) is 16.8 Å². The van der Waals surface area contributed by atoms with Crippen molar-refractivity contribution in [1.29, 1.82) is 0 Å². The third-order valence-electron chi connectivity index (χ3n) is 6.82. The minimum absolute atomic E-state index is 0.0322. The number of anilines is 1. The summed E-state index contributed by atoms with van der Waals surface area (Å²) in [4.78, 5) is 33.1. The van der Waals surface area contributed by atoms with Gasteiger partial charge in [-0.3, -0.25) is 24.8 Å². The van der Waals surface area contributed by atoms with E-state index in [1.165, 1.54) is 18.2 Å². The van der Waals surface area contributed by atoms with Gasteiger partial charge in [-0.1, -0.05) is 18.2 Å². The number of hydrogen-bond acceptors (Lipinski definition) is 6. The molecule has 2 atom stereocenters. The molecule has 0 saturated carbocycles. The lowest BCUT2D eigenvalue weighted by molar-refractivity contribution is -0.384. The molecular formula is C26H26FN5O3. The maximum Gasteiger partial charge on any atom is 0.269 e. The number of carbonyl (C=O) groups excluding carboxylic acids is 1. The van der Waals surface area contributed by atoms with Crippen LogP contribution in [0.3, 0.4) is 0 Å². The van der Waals surface area contributed by atoms with Crippen molar-refractivity contribution >= 4 is 17.3 Å². The number of benzene rings is 2. The Labute approximate surface area is 202 Å². The van der Waals surface area contributed by atoms with Crippen LogP contribution in [-0.4, -0.2) is 46.4 Å². The van der Waals surface area contributed by atoms with Crippen molar-refractivity contribution in [2.45, 2.75) is 25.6 Å². The van der Waals surface area contributed by atoms with E-state index < -0.39 is 4.92 Å². The van der Waals surface area contributed by atoms with Crippen molar-refractivity contribution in [1.82, 2.24) is 15.2 Å². The number of nitrogens with one attached hydrogen (secondary N) is 1. The van der Waals surface area contributed by atoms with Crippen molar-refractivity contribution in [2.24, 2.45) is 5.92 Å². The van der Waals surface area contributed by atoms with Gasteiger partial charge in [0.1, 0.15) is 5.82 Å². The molecule has 0 radical (unpaired) electrons. The summed E-state index contributed by atoms with van der Waals surface area (Å²) >= 11 is 0. The molecule has 1 fully saturated rings. The Balaban J connectivity index is 1.39. The minimum atomic E-state index is -0.400. The Morgan fingerprint density at radius 2 is 1.97 bits per heavy atom. The van der Waals surface area contributed by atoms with E-state index in [2.05, 4.69) is 20.1 Å². The van der Waals surface area contributed by atoms with E-state index in [1.807, 2.05) is 18.2 Å². The second-order valence-electron chi connectivity index (χ2n) is 9.04. The number of nitro groups is 1. The Kier molecular flexibility index (Phi) is 6.41. The van der Waals surface area contributed by atoms with Crippen LogP contribution in [0.4, 0.5) is 15.8 Å². The standard InChI is InChI=1S/C26H26FN5O3/c27-20-6-4-18(5-7-20)16-30-11-12-31-24-9-8-22(32(34)35)13-19(24)14-23(25(31)17-30)26(33)29-15-21-3-1-2-10-28-21/h1-10,13,23,25H,11-12,14-17H2,(H,29,33). The number of fused-ring (bicyclic) bond motifs is 3. The first-order valence-electron chi connectivity index (χ1n) is 11.7. The fraction of sp³-hybridized carbons (Fsp3) is 0.308. The predicted molar refractivity (Wildman–Crippen MR) is 129 cm³/mol. The number of halogens is 1. The molecule has 3 aromatic rings. The summed E-state index contributed by atoms with van der Waals surface area (Å²) in [7, 11) is 0. The Morgan fingerprint density at radius 3 is 2.71 bits per heavy atom. The van der Waals surface area contributed by atoms with Crippen molar-refractivity contribution in [3.63, 3.8) is 0 Å². The summed E-state index contributed by atoms with van der Waals surface area (Å²) in [6.45, 7) is 3.12. The molecular weight excluding hydrogens is 449 g/mol. The van der Waals surface area contributed by atoms with Gasteiger partial charge in [-0.2, -0.15) is 0 Å². The highest BCUT2D eigenvalue weighted by atomic mass is 19.1. The number of nitro benzene ring substituents is 1. The number of hydrogen-bond donors (Lipinski definition) is 1. The van der Waals surface area contributed by atoms with Gasteiger partial charge < -0.3 is 10.2 Å². The van der Waals surface area contributed by atoms with Crippen molar-refractivity contribution in [3.8, 4) is 0 Å². The summed E-state index contributed by atoms with van der Waals surface area (Å²) in [6.07, 6.45) is 2.12. The smallest absolute Gasteiger partial charge is 0.269 e. The summed E-state index contributed by atoms with van der Waals surface area (Å²) in [5.41, 5.74) is 3.59. The number of carbonyl (C=O) groups is 1. The van der Waals surface area contributed by atoms with Crippen molar-refractivity contribution in [2.75, 3.05) is 24.5 Å². The fourth-order valence-corrected chi connectivity index (χ4v) is 5.09. The molecule has 2 unspecified atom stereocenters. The second kappa shape index (κ2) is 9.79. The third kappa shape index (κ3) is 5.00. The first-order chi connectivity index (χ1) is 17.0. The van der Waals surface area contributed by atoms with Crippen LogP contribution in [0.15, 0.2) is 66.9 Å². The molecule has 9 heteroatoms. The number of nitrogens with zero attached hydrogens (tertiary/aromatic N) is 4. The van der Waals surface area contributed by atoms with E-state index in [0.29, 0.717) is 32.6 Å². The fourth-order valence-electron chi connectivity index (χ4n) is 5.09. The summed E-state index contributed by atoms with van der Waals surface area (Å²) in [5.74, 6) is -0.725. The van der Waals surface area contributed by atoms with Gasteiger partial charge in [0, 0.05) is 50.2 Å². The average Bonchev–Trinajstić information content (AvgIpc) is 2.88. The normalized spacial score (nSPS) is 19.5. The average molecular weight is 476 g/mol. The Hall–Kier alpha value is -3.85. The Bertz CT molecular complexity index is 1220. The van der Waals surface area contributed by atoms with E-state index >= 15 is 0 Å². The second-order valence-corrected chi connectivity index (χ2v) is 9.04. The molecule has 35 heavy (non-hydrogen) atoms. The lowest BCUT2D eigenvalue weighted by Gasteiger charge is -2.49. The number of amides is 1. The molecule has 1 N–H and O–H groups in total. The van der Waals surface area contributed by atoms with Crippen LogP contribution >= 0.6 is 0 Å². The van der Waals surface area contributed by atoms with Crippen LogP contribution in [0, 0.1) is 21.8 Å². The van der Waals surface area contributed by atoms with Gasteiger partial charge in [0.15, 0.2) is 0 Å². The van der Waals surface area contributed by atoms with E-state index in [1.54, 1.807) is 30.5 Å². The molecule has 180 valence electrons. The summed E-state index contributed by atoms with van der Waals surface area (Å²) in [6, 6.07) is 16.9. The van der Waals surface area contributed by atoms with Gasteiger partial charge in [-0.15, -0.1) is 0 Å². The van der Waals surface area contributed by atoms with Crippen molar-refractivity contribution < 1.29 is 14.1 Å². The number of piperazine rings is 1. The SMILES string of the molecule is O=C(NCc1ccccn1)C1Cc2cc([N+](=O)[O-])ccc2N2CCN(Cc3ccc(F)cc3)CC12. The van der Waals surface area contributed by atoms with Gasteiger partial charge in [0.2, 0.25) is 5.91 Å². The summed E-state index contributed by atoms with van der Waals surface area (Å²) in [5, 5.41) is 14.4. The summed E-state index contributed by atoms with van der Waals surface area (Å²) < 4.78 is 13.3. The molecule has 8 nitrogen and oxygen atoms in total. The van der Waals surface area contributed by atoms with Gasteiger partial charge in [0.25, 0.3) is 5.69 Å². The van der Waals surface area contributed by atoms with Crippen molar-refractivity contribution in [3.05, 3.63) is 99.6 Å². The van der Waals surface area contributed by atoms with Crippen LogP contribution in [0.5, 0.6) is 0 Å². The van der Waals surface area contributed by atoms with E-state index in [4.69, 9.17) is 0 Å². The molecule has 1 aromatic heterocycles. The quantitative estimate of drug-likeness (QED) is 0.435. The predicted octanol–water partition coefficient (Wildman–Crippen LogP) is 3.31. The molecule has 0 aliphatic carbocycles. The van der Waals surface area contributed by atoms with Crippen LogP contribution in [0.2, 0.25) is 0 Å². The number of rotatable bonds is 6. The molecule has 1 saturated heterocycles. The van der Waals surface area contributed by atoms with E-state index in [-0.39, 0.29) is 29.4 Å².